The number of hydrogen-bond acceptors (Lipinski definition) is 4. The summed E-state index contributed by atoms with van der Waals surface area (Å²) in [6, 6.07) is 8.17. The molecule has 186 valence electrons. The van der Waals surface area contributed by atoms with Crippen molar-refractivity contribution in [2.45, 2.75) is 25.1 Å². The lowest BCUT2D eigenvalue weighted by atomic mass is 10.0. The van der Waals surface area contributed by atoms with Gasteiger partial charge in [-0.25, -0.2) is 18.3 Å². The van der Waals surface area contributed by atoms with Gasteiger partial charge in [0.25, 0.3) is 5.91 Å². The Morgan fingerprint density at radius 2 is 1.92 bits per heavy atom. The highest BCUT2D eigenvalue weighted by atomic mass is 35.5. The van der Waals surface area contributed by atoms with Crippen molar-refractivity contribution in [3.8, 4) is 0 Å². The zero-order chi connectivity index (χ0) is 25.6. The lowest BCUT2D eigenvalue weighted by Gasteiger charge is -2.27. The lowest BCUT2D eigenvalue weighted by Crippen LogP contribution is -2.23. The number of aromatic nitrogens is 3. The predicted octanol–water partition coefficient (Wildman–Crippen LogP) is 6.27. The van der Waals surface area contributed by atoms with Crippen LogP contribution in [0.5, 0.6) is 0 Å². The van der Waals surface area contributed by atoms with E-state index in [1.807, 2.05) is 4.90 Å². The summed E-state index contributed by atoms with van der Waals surface area (Å²) in [7, 11) is 0. The average Bonchev–Trinajstić information content (AvgIpc) is 3.48. The number of nitrogens with zero attached hydrogens (tertiary/aromatic N) is 4. The molecule has 1 N–H and O–H groups in total. The maximum absolute atomic E-state index is 14.5. The highest BCUT2D eigenvalue weighted by Gasteiger charge is 2.33. The van der Waals surface area contributed by atoms with Crippen molar-refractivity contribution < 1.29 is 26.7 Å². The summed E-state index contributed by atoms with van der Waals surface area (Å²) in [6.45, 7) is 0.597. The fourth-order valence-corrected chi connectivity index (χ4v) is 4.57. The quantitative estimate of drug-likeness (QED) is 0.254. The SMILES string of the molecule is O=C(Nc1ccc(C(F)(F)F)nc1Cl)c1cnn2ccc(N3CCC[C@@H]3c3cc(F)ccc3F)cc12. The summed E-state index contributed by atoms with van der Waals surface area (Å²) in [4.78, 5) is 18.2. The fourth-order valence-electron chi connectivity index (χ4n) is 4.37. The Kier molecular flexibility index (Phi) is 6.03. The van der Waals surface area contributed by atoms with Crippen LogP contribution in [-0.4, -0.2) is 27.0 Å². The number of hydrogen-bond donors (Lipinski definition) is 1. The van der Waals surface area contributed by atoms with Crippen molar-refractivity contribution in [2.24, 2.45) is 0 Å². The molecule has 36 heavy (non-hydrogen) atoms. The van der Waals surface area contributed by atoms with Crippen molar-refractivity contribution in [1.29, 1.82) is 0 Å². The van der Waals surface area contributed by atoms with E-state index in [-0.39, 0.29) is 22.9 Å². The molecule has 0 unspecified atom stereocenters. The van der Waals surface area contributed by atoms with Crippen LogP contribution in [0.25, 0.3) is 5.52 Å². The van der Waals surface area contributed by atoms with Gasteiger partial charge in [-0.1, -0.05) is 11.6 Å². The average molecular weight is 522 g/mol. The molecule has 0 aliphatic carbocycles. The van der Waals surface area contributed by atoms with E-state index in [9.17, 15) is 26.7 Å². The molecule has 0 radical (unpaired) electrons. The van der Waals surface area contributed by atoms with Crippen LogP contribution in [-0.2, 0) is 6.18 Å². The first-order valence-electron chi connectivity index (χ1n) is 10.9. The second-order valence-corrected chi connectivity index (χ2v) is 8.64. The third kappa shape index (κ3) is 4.46. The Morgan fingerprint density at radius 1 is 1.11 bits per heavy atom. The number of amides is 1. The van der Waals surface area contributed by atoms with E-state index in [1.54, 1.807) is 18.3 Å². The monoisotopic (exact) mass is 521 g/mol. The van der Waals surface area contributed by atoms with Gasteiger partial charge in [0, 0.05) is 24.0 Å². The standard InChI is InChI=1S/C24H17ClF5N5O/c25-22-18(5-6-21(33-22)24(28,29)30)32-23(36)16-12-31-35-9-7-14(11-20(16)35)34-8-1-2-19(34)15-10-13(26)3-4-17(15)27/h3-7,9-12,19H,1-2,8H2,(H,32,36)/t19-/m1/s1. The second kappa shape index (κ2) is 9.05. The topological polar surface area (TPSA) is 62.5 Å². The van der Waals surface area contributed by atoms with Crippen molar-refractivity contribution >= 4 is 34.4 Å². The minimum absolute atomic E-state index is 0.0913. The number of pyridine rings is 2. The zero-order valence-electron chi connectivity index (χ0n) is 18.4. The summed E-state index contributed by atoms with van der Waals surface area (Å²) in [6.07, 6.45) is -0.346. The summed E-state index contributed by atoms with van der Waals surface area (Å²) in [5.74, 6) is -1.68. The van der Waals surface area contributed by atoms with Crippen LogP contribution in [0.4, 0.5) is 33.3 Å². The molecular weight excluding hydrogens is 505 g/mol. The first-order chi connectivity index (χ1) is 17.1. The molecule has 1 atom stereocenters. The Bertz CT molecular complexity index is 1470. The summed E-state index contributed by atoms with van der Waals surface area (Å²) >= 11 is 5.86. The van der Waals surface area contributed by atoms with Crippen molar-refractivity contribution in [3.63, 3.8) is 0 Å². The molecule has 0 saturated carbocycles. The number of carbonyl (C=O) groups excluding carboxylic acids is 1. The molecule has 1 fully saturated rings. The third-order valence-corrected chi connectivity index (χ3v) is 6.33. The van der Waals surface area contributed by atoms with Gasteiger partial charge in [0.2, 0.25) is 0 Å². The van der Waals surface area contributed by atoms with Gasteiger partial charge < -0.3 is 10.2 Å². The normalized spacial score (nSPS) is 16.1. The van der Waals surface area contributed by atoms with Gasteiger partial charge in [0.1, 0.15) is 17.3 Å². The van der Waals surface area contributed by atoms with Gasteiger partial charge in [0.15, 0.2) is 5.15 Å². The Hall–Kier alpha value is -3.73. The number of fused-ring (bicyclic) bond motifs is 1. The van der Waals surface area contributed by atoms with Crippen LogP contribution in [0.15, 0.2) is 54.9 Å². The van der Waals surface area contributed by atoms with Crippen LogP contribution >= 0.6 is 11.6 Å². The predicted molar refractivity (Wildman–Crippen MR) is 123 cm³/mol. The van der Waals surface area contributed by atoms with Gasteiger partial charge in [-0.2, -0.15) is 18.3 Å². The van der Waals surface area contributed by atoms with E-state index in [2.05, 4.69) is 15.4 Å². The molecule has 1 aliphatic heterocycles. The van der Waals surface area contributed by atoms with Crippen molar-refractivity contribution in [2.75, 3.05) is 16.8 Å². The van der Waals surface area contributed by atoms with E-state index in [0.29, 0.717) is 24.2 Å². The number of carbonyl (C=O) groups is 1. The zero-order valence-corrected chi connectivity index (χ0v) is 19.1. The molecule has 1 amide bonds. The maximum atomic E-state index is 14.5. The van der Waals surface area contributed by atoms with Crippen LogP contribution < -0.4 is 10.2 Å². The van der Waals surface area contributed by atoms with E-state index in [0.717, 1.165) is 30.7 Å². The number of benzene rings is 1. The van der Waals surface area contributed by atoms with Crippen LogP contribution in [0.3, 0.4) is 0 Å². The summed E-state index contributed by atoms with van der Waals surface area (Å²) < 4.78 is 68.3. The largest absolute Gasteiger partial charge is 0.433 e. The minimum Gasteiger partial charge on any atom is -0.364 e. The van der Waals surface area contributed by atoms with E-state index < -0.39 is 34.6 Å². The molecule has 4 aromatic rings. The summed E-state index contributed by atoms with van der Waals surface area (Å²) in [5.41, 5.74) is 0.208. The minimum atomic E-state index is -4.67. The molecule has 1 aliphatic rings. The van der Waals surface area contributed by atoms with Gasteiger partial charge in [-0.05, 0) is 55.3 Å². The molecule has 0 spiro atoms. The Labute approximate surface area is 206 Å². The molecule has 1 saturated heterocycles. The maximum Gasteiger partial charge on any atom is 0.433 e. The van der Waals surface area contributed by atoms with Gasteiger partial charge in [-0.3, -0.25) is 4.79 Å². The van der Waals surface area contributed by atoms with E-state index >= 15 is 0 Å². The van der Waals surface area contributed by atoms with E-state index in [4.69, 9.17) is 11.6 Å². The fraction of sp³-hybridized carbons (Fsp3) is 0.208. The number of anilines is 2. The number of alkyl halides is 3. The molecule has 5 rings (SSSR count). The van der Waals surface area contributed by atoms with Gasteiger partial charge in [0.05, 0.1) is 29.0 Å². The Balaban J connectivity index is 1.44. The Morgan fingerprint density at radius 3 is 2.67 bits per heavy atom. The molecule has 3 aromatic heterocycles. The van der Waals surface area contributed by atoms with Gasteiger partial charge in [-0.15, -0.1) is 0 Å². The highest BCUT2D eigenvalue weighted by molar-refractivity contribution is 6.32. The lowest BCUT2D eigenvalue weighted by molar-refractivity contribution is -0.141. The summed E-state index contributed by atoms with van der Waals surface area (Å²) in [5, 5.41) is 6.11. The first-order valence-corrected chi connectivity index (χ1v) is 11.2. The van der Waals surface area contributed by atoms with Crippen LogP contribution in [0.1, 0.15) is 40.5 Å². The number of halogens is 6. The molecule has 1 aromatic carbocycles. The van der Waals surface area contributed by atoms with Crippen LogP contribution in [0, 0.1) is 11.6 Å². The molecule has 12 heteroatoms. The van der Waals surface area contributed by atoms with Crippen molar-refractivity contribution in [3.05, 3.63) is 88.5 Å². The molecule has 4 heterocycles. The molecular formula is C24H17ClF5N5O. The second-order valence-electron chi connectivity index (χ2n) is 8.28. The van der Waals surface area contributed by atoms with Gasteiger partial charge >= 0.3 is 6.18 Å². The molecule has 6 nitrogen and oxygen atoms in total. The van der Waals surface area contributed by atoms with Crippen molar-refractivity contribution in [1.82, 2.24) is 14.6 Å². The van der Waals surface area contributed by atoms with Crippen LogP contribution in [0.2, 0.25) is 5.15 Å². The number of rotatable bonds is 4. The smallest absolute Gasteiger partial charge is 0.364 e. The number of nitrogens with one attached hydrogen (secondary N) is 1. The van der Waals surface area contributed by atoms with E-state index in [1.165, 1.54) is 16.8 Å². The third-order valence-electron chi connectivity index (χ3n) is 6.04. The molecule has 0 bridgehead atoms. The first kappa shape index (κ1) is 24.0. The highest BCUT2D eigenvalue weighted by Crippen LogP contribution is 2.38.